The van der Waals surface area contributed by atoms with Crippen molar-refractivity contribution in [2.24, 2.45) is 0 Å². The lowest BCUT2D eigenvalue weighted by Crippen LogP contribution is -2.08. The number of benzene rings is 2. The fourth-order valence-electron chi connectivity index (χ4n) is 2.64. The molecule has 0 N–H and O–H groups in total. The normalized spacial score (nSPS) is 10.0. The maximum atomic E-state index is 12.5. The molecule has 4 nitrogen and oxygen atoms in total. The second-order valence-electron chi connectivity index (χ2n) is 5.51. The molecule has 0 radical (unpaired) electrons. The molecule has 0 unspecified atom stereocenters. The summed E-state index contributed by atoms with van der Waals surface area (Å²) in [6, 6.07) is 20.4. The lowest BCUT2D eigenvalue weighted by molar-refractivity contribution is 0.0987. The molecule has 4 heteroatoms. The predicted octanol–water partition coefficient (Wildman–Crippen LogP) is 3.86. The van der Waals surface area contributed by atoms with Gasteiger partial charge in [-0.3, -0.25) is 14.6 Å². The zero-order chi connectivity index (χ0) is 17.6. The van der Waals surface area contributed by atoms with E-state index in [1.54, 1.807) is 12.1 Å². The van der Waals surface area contributed by atoms with E-state index in [4.69, 9.17) is 0 Å². The minimum atomic E-state index is -0.195. The van der Waals surface area contributed by atoms with Gasteiger partial charge in [0.15, 0.2) is 12.1 Å². The van der Waals surface area contributed by atoms with Crippen molar-refractivity contribution >= 4 is 12.1 Å². The Bertz CT molecular complexity index is 955. The SMILES string of the molecule is N#Cc1c(CC(=O)c2ccc(C=O)cn2)cccc1-c1ccccc1. The Morgan fingerprint density at radius 3 is 2.48 bits per heavy atom. The molecule has 0 aliphatic rings. The van der Waals surface area contributed by atoms with E-state index >= 15 is 0 Å². The maximum absolute atomic E-state index is 12.5. The van der Waals surface area contributed by atoms with Crippen LogP contribution in [0.1, 0.15) is 32.0 Å². The Morgan fingerprint density at radius 1 is 1.04 bits per heavy atom. The Hall–Kier alpha value is -3.58. The first-order chi connectivity index (χ1) is 12.2. The summed E-state index contributed by atoms with van der Waals surface area (Å²) < 4.78 is 0. The van der Waals surface area contributed by atoms with Crippen LogP contribution in [0, 0.1) is 11.3 Å². The maximum Gasteiger partial charge on any atom is 0.185 e. The third kappa shape index (κ3) is 3.51. The summed E-state index contributed by atoms with van der Waals surface area (Å²) in [4.78, 5) is 27.2. The number of pyridine rings is 1. The van der Waals surface area contributed by atoms with Crippen LogP contribution in [0.4, 0.5) is 0 Å². The van der Waals surface area contributed by atoms with Crippen molar-refractivity contribution in [3.05, 3.63) is 89.2 Å². The molecular weight excluding hydrogens is 312 g/mol. The molecule has 2 aromatic carbocycles. The van der Waals surface area contributed by atoms with E-state index in [1.165, 1.54) is 12.3 Å². The van der Waals surface area contributed by atoms with Crippen LogP contribution in [-0.2, 0) is 6.42 Å². The van der Waals surface area contributed by atoms with Crippen molar-refractivity contribution in [2.45, 2.75) is 6.42 Å². The largest absolute Gasteiger partial charge is 0.298 e. The molecule has 120 valence electrons. The quantitative estimate of drug-likeness (QED) is 0.527. The number of nitriles is 1. The summed E-state index contributed by atoms with van der Waals surface area (Å²) in [5.74, 6) is -0.195. The average molecular weight is 326 g/mol. The number of Topliss-reactive ketones (excluding diaryl/α,β-unsaturated/α-hetero) is 1. The number of aldehydes is 1. The van der Waals surface area contributed by atoms with E-state index in [9.17, 15) is 14.9 Å². The fraction of sp³-hybridized carbons (Fsp3) is 0.0476. The number of rotatable bonds is 5. The molecule has 0 aliphatic carbocycles. The molecule has 0 fully saturated rings. The number of ketones is 1. The summed E-state index contributed by atoms with van der Waals surface area (Å²) in [6.45, 7) is 0. The number of carbonyl (C=O) groups excluding carboxylic acids is 2. The molecule has 0 saturated carbocycles. The molecule has 3 aromatic rings. The Labute approximate surface area is 145 Å². The van der Waals surface area contributed by atoms with Crippen molar-refractivity contribution in [1.82, 2.24) is 4.98 Å². The number of hydrogen-bond acceptors (Lipinski definition) is 4. The van der Waals surface area contributed by atoms with Crippen LogP contribution in [0.3, 0.4) is 0 Å². The summed E-state index contributed by atoms with van der Waals surface area (Å²) >= 11 is 0. The van der Waals surface area contributed by atoms with Crippen LogP contribution >= 0.6 is 0 Å². The number of hydrogen-bond donors (Lipinski definition) is 0. The van der Waals surface area contributed by atoms with Crippen LogP contribution in [0.15, 0.2) is 66.9 Å². The number of carbonyl (C=O) groups is 2. The fourth-order valence-corrected chi connectivity index (χ4v) is 2.64. The monoisotopic (exact) mass is 326 g/mol. The molecule has 0 saturated heterocycles. The highest BCUT2D eigenvalue weighted by Crippen LogP contribution is 2.26. The first-order valence-corrected chi connectivity index (χ1v) is 7.75. The Kier molecular flexibility index (Phi) is 4.77. The molecule has 0 aliphatic heterocycles. The highest BCUT2D eigenvalue weighted by atomic mass is 16.1. The summed E-state index contributed by atoms with van der Waals surface area (Å²) in [6.07, 6.45) is 2.13. The second-order valence-corrected chi connectivity index (χ2v) is 5.51. The van der Waals surface area contributed by atoms with Crippen LogP contribution < -0.4 is 0 Å². The van der Waals surface area contributed by atoms with Gasteiger partial charge in [0, 0.05) is 18.2 Å². The van der Waals surface area contributed by atoms with Crippen molar-refractivity contribution < 1.29 is 9.59 Å². The van der Waals surface area contributed by atoms with Crippen LogP contribution in [-0.4, -0.2) is 17.1 Å². The van der Waals surface area contributed by atoms with Crippen molar-refractivity contribution in [3.63, 3.8) is 0 Å². The lowest BCUT2D eigenvalue weighted by Gasteiger charge is -2.09. The van der Waals surface area contributed by atoms with Gasteiger partial charge in [0.25, 0.3) is 0 Å². The van der Waals surface area contributed by atoms with Gasteiger partial charge in [0.05, 0.1) is 5.56 Å². The van der Waals surface area contributed by atoms with Crippen molar-refractivity contribution in [1.29, 1.82) is 5.26 Å². The molecule has 1 heterocycles. The zero-order valence-electron chi connectivity index (χ0n) is 13.3. The van der Waals surface area contributed by atoms with Crippen molar-refractivity contribution in [3.8, 4) is 17.2 Å². The van der Waals surface area contributed by atoms with E-state index in [0.29, 0.717) is 23.0 Å². The van der Waals surface area contributed by atoms with E-state index in [1.807, 2.05) is 42.5 Å². The van der Waals surface area contributed by atoms with Gasteiger partial charge in [-0.1, -0.05) is 48.5 Å². The molecule has 3 rings (SSSR count). The van der Waals surface area contributed by atoms with Gasteiger partial charge in [0.1, 0.15) is 11.8 Å². The van der Waals surface area contributed by atoms with E-state index in [2.05, 4.69) is 11.1 Å². The Morgan fingerprint density at radius 2 is 1.84 bits per heavy atom. The molecular formula is C21H14N2O2. The highest BCUT2D eigenvalue weighted by Gasteiger charge is 2.15. The topological polar surface area (TPSA) is 70.8 Å². The first-order valence-electron chi connectivity index (χ1n) is 7.75. The zero-order valence-corrected chi connectivity index (χ0v) is 13.3. The summed E-state index contributed by atoms with van der Waals surface area (Å²) in [5, 5.41) is 9.60. The number of nitrogens with zero attached hydrogens (tertiary/aromatic N) is 2. The lowest BCUT2D eigenvalue weighted by atomic mass is 9.93. The molecule has 0 amide bonds. The van der Waals surface area contributed by atoms with Gasteiger partial charge in [-0.05, 0) is 28.8 Å². The summed E-state index contributed by atoms with van der Waals surface area (Å²) in [5.41, 5.74) is 3.58. The van der Waals surface area contributed by atoms with Gasteiger partial charge in [-0.25, -0.2) is 0 Å². The van der Waals surface area contributed by atoms with Crippen LogP contribution in [0.5, 0.6) is 0 Å². The van der Waals surface area contributed by atoms with E-state index in [0.717, 1.165) is 11.1 Å². The minimum Gasteiger partial charge on any atom is -0.298 e. The molecule has 0 atom stereocenters. The van der Waals surface area contributed by atoms with Gasteiger partial charge in [-0.2, -0.15) is 5.26 Å². The molecule has 25 heavy (non-hydrogen) atoms. The van der Waals surface area contributed by atoms with Crippen LogP contribution in [0.2, 0.25) is 0 Å². The van der Waals surface area contributed by atoms with Crippen molar-refractivity contribution in [2.75, 3.05) is 0 Å². The van der Waals surface area contributed by atoms with E-state index in [-0.39, 0.29) is 17.9 Å². The van der Waals surface area contributed by atoms with Crippen LogP contribution in [0.25, 0.3) is 11.1 Å². The first kappa shape index (κ1) is 16.3. The second kappa shape index (κ2) is 7.33. The highest BCUT2D eigenvalue weighted by molar-refractivity contribution is 5.96. The van der Waals surface area contributed by atoms with Gasteiger partial charge in [-0.15, -0.1) is 0 Å². The Balaban J connectivity index is 1.93. The average Bonchev–Trinajstić information content (AvgIpc) is 2.68. The summed E-state index contributed by atoms with van der Waals surface area (Å²) in [7, 11) is 0. The van der Waals surface area contributed by atoms with E-state index < -0.39 is 0 Å². The molecule has 0 spiro atoms. The third-order valence-corrected chi connectivity index (χ3v) is 3.91. The van der Waals surface area contributed by atoms with Gasteiger partial charge in [0.2, 0.25) is 0 Å². The van der Waals surface area contributed by atoms with Gasteiger partial charge >= 0.3 is 0 Å². The molecule has 0 bridgehead atoms. The standard InChI is InChI=1S/C21H14N2O2/c22-12-19-17(7-4-8-18(19)16-5-2-1-3-6-16)11-21(25)20-10-9-15(14-24)13-23-20/h1-10,13-14H,11H2. The number of aromatic nitrogens is 1. The molecule has 1 aromatic heterocycles. The third-order valence-electron chi connectivity index (χ3n) is 3.91. The smallest absolute Gasteiger partial charge is 0.185 e. The van der Waals surface area contributed by atoms with Gasteiger partial charge < -0.3 is 0 Å². The minimum absolute atomic E-state index is 0.0804. The predicted molar refractivity (Wildman–Crippen MR) is 94.3 cm³/mol.